The van der Waals surface area contributed by atoms with E-state index in [-0.39, 0.29) is 0 Å². The number of hydrogen-bond acceptors (Lipinski definition) is 4. The van der Waals surface area contributed by atoms with Gasteiger partial charge in [0.25, 0.3) is 0 Å². The fourth-order valence-corrected chi connectivity index (χ4v) is 3.41. The van der Waals surface area contributed by atoms with Crippen LogP contribution in [0.4, 0.5) is 11.4 Å². The van der Waals surface area contributed by atoms with Gasteiger partial charge in [-0.05, 0) is 59.0 Å². The average Bonchev–Trinajstić information content (AvgIpc) is 2.75. The summed E-state index contributed by atoms with van der Waals surface area (Å²) in [6, 6.07) is 23.7. The normalized spacial score (nSPS) is 10.7. The molecule has 3 rings (SSSR count). The van der Waals surface area contributed by atoms with Crippen molar-refractivity contribution in [2.75, 3.05) is 51.2 Å². The van der Waals surface area contributed by atoms with E-state index in [2.05, 4.69) is 84.3 Å². The fourth-order valence-electron chi connectivity index (χ4n) is 3.41. The molecule has 0 saturated heterocycles. The Labute approximate surface area is 173 Å². The molecule has 0 aromatic heterocycles. The summed E-state index contributed by atoms with van der Waals surface area (Å²) in [6.45, 7) is 5.16. The molecule has 0 atom stereocenters. The molecule has 0 heterocycles. The Balaban J connectivity index is 1.84. The van der Waals surface area contributed by atoms with Gasteiger partial charge in [0.2, 0.25) is 0 Å². The van der Waals surface area contributed by atoms with Crippen LogP contribution in [0.3, 0.4) is 0 Å². The Bertz CT molecular complexity index is 890. The highest BCUT2D eigenvalue weighted by molar-refractivity contribution is 5.86. The maximum Gasteiger partial charge on any atom is 0.0635 e. The Kier molecular flexibility index (Phi) is 7.68. The molecule has 152 valence electrons. The van der Waals surface area contributed by atoms with E-state index in [0.717, 1.165) is 24.5 Å². The van der Waals surface area contributed by atoms with Gasteiger partial charge < -0.3 is 20.1 Å². The van der Waals surface area contributed by atoms with Crippen molar-refractivity contribution < 1.29 is 9.47 Å². The first-order chi connectivity index (χ1) is 14.2. The molecule has 4 heteroatoms. The molecule has 0 bridgehead atoms. The van der Waals surface area contributed by atoms with Crippen molar-refractivity contribution in [2.24, 2.45) is 0 Å². The van der Waals surface area contributed by atoms with E-state index in [1.807, 2.05) is 0 Å². The first kappa shape index (κ1) is 20.9. The minimum atomic E-state index is 0.694. The van der Waals surface area contributed by atoms with Gasteiger partial charge in [-0.15, -0.1) is 0 Å². The summed E-state index contributed by atoms with van der Waals surface area (Å²) in [5.74, 6) is 0. The quantitative estimate of drug-likeness (QED) is 0.452. The van der Waals surface area contributed by atoms with Crippen LogP contribution in [0.15, 0.2) is 66.7 Å². The van der Waals surface area contributed by atoms with Gasteiger partial charge in [0.15, 0.2) is 0 Å². The van der Waals surface area contributed by atoms with Crippen molar-refractivity contribution in [3.63, 3.8) is 0 Å². The van der Waals surface area contributed by atoms with Crippen LogP contribution in [-0.4, -0.2) is 40.5 Å². The van der Waals surface area contributed by atoms with E-state index >= 15 is 0 Å². The summed E-state index contributed by atoms with van der Waals surface area (Å²) in [6.07, 6.45) is 0. The third-order valence-corrected chi connectivity index (χ3v) is 4.91. The zero-order valence-corrected chi connectivity index (χ0v) is 17.5. The van der Waals surface area contributed by atoms with Crippen LogP contribution in [0.1, 0.15) is 5.56 Å². The topological polar surface area (TPSA) is 42.5 Å². The Hall–Kier alpha value is -2.82. The number of benzene rings is 3. The molecular formula is C25H30N2O2. The zero-order valence-electron chi connectivity index (χ0n) is 17.5. The van der Waals surface area contributed by atoms with Crippen molar-refractivity contribution in [3.05, 3.63) is 72.3 Å². The van der Waals surface area contributed by atoms with Gasteiger partial charge in [0.1, 0.15) is 0 Å². The molecule has 4 nitrogen and oxygen atoms in total. The molecule has 0 spiro atoms. The maximum absolute atomic E-state index is 5.10. The van der Waals surface area contributed by atoms with E-state index in [0.29, 0.717) is 13.2 Å². The van der Waals surface area contributed by atoms with Crippen molar-refractivity contribution in [1.29, 1.82) is 0 Å². The lowest BCUT2D eigenvalue weighted by atomic mass is 9.91. The highest BCUT2D eigenvalue weighted by Gasteiger charge is 2.10. The second kappa shape index (κ2) is 10.6. The van der Waals surface area contributed by atoms with Gasteiger partial charge in [-0.3, -0.25) is 0 Å². The summed E-state index contributed by atoms with van der Waals surface area (Å²) < 4.78 is 10.2. The number of hydrogen-bond donors (Lipinski definition) is 2. The largest absolute Gasteiger partial charge is 0.383 e. The minimum Gasteiger partial charge on any atom is -0.383 e. The monoisotopic (exact) mass is 390 g/mol. The number of rotatable bonds is 10. The summed E-state index contributed by atoms with van der Waals surface area (Å²) in [7, 11) is 3.43. The van der Waals surface area contributed by atoms with Gasteiger partial charge >= 0.3 is 0 Å². The van der Waals surface area contributed by atoms with E-state index in [4.69, 9.17) is 9.47 Å². The minimum absolute atomic E-state index is 0.694. The van der Waals surface area contributed by atoms with Crippen LogP contribution >= 0.6 is 0 Å². The number of methoxy groups -OCH3 is 2. The molecule has 29 heavy (non-hydrogen) atoms. The molecule has 0 radical (unpaired) electrons. The summed E-state index contributed by atoms with van der Waals surface area (Å²) in [5.41, 5.74) is 8.43. The van der Waals surface area contributed by atoms with Crippen molar-refractivity contribution in [2.45, 2.75) is 6.92 Å². The van der Waals surface area contributed by atoms with Gasteiger partial charge in [0.05, 0.1) is 13.2 Å². The second-order valence-electron chi connectivity index (χ2n) is 6.99. The fraction of sp³-hybridized carbons (Fsp3) is 0.280. The van der Waals surface area contributed by atoms with Gasteiger partial charge in [-0.25, -0.2) is 0 Å². The third kappa shape index (κ3) is 5.59. The zero-order chi connectivity index (χ0) is 20.5. The van der Waals surface area contributed by atoms with Crippen molar-refractivity contribution in [1.82, 2.24) is 0 Å². The molecule has 0 amide bonds. The predicted octanol–water partition coefficient (Wildman–Crippen LogP) is 5.45. The maximum atomic E-state index is 5.10. The summed E-state index contributed by atoms with van der Waals surface area (Å²) in [5, 5.41) is 6.74. The number of aryl methyl sites for hydroxylation is 1. The lowest BCUT2D eigenvalue weighted by Gasteiger charge is -2.15. The third-order valence-electron chi connectivity index (χ3n) is 4.91. The van der Waals surface area contributed by atoms with Crippen LogP contribution in [0.5, 0.6) is 0 Å². The first-order valence-electron chi connectivity index (χ1n) is 9.99. The molecule has 0 aliphatic carbocycles. The molecule has 0 saturated carbocycles. The van der Waals surface area contributed by atoms with E-state index in [1.54, 1.807) is 14.2 Å². The number of ether oxygens (including phenoxy) is 2. The molecule has 3 aromatic rings. The standard InChI is InChI=1S/C25H30N2O2/c1-19-5-4-6-24(20-7-11-22(12-8-20)26-15-17-28-2)25(19)21-9-13-23(14-10-21)27-16-18-29-3/h4-14,26-27H,15-18H2,1-3H3. The van der Waals surface area contributed by atoms with Crippen LogP contribution in [0, 0.1) is 6.92 Å². The lowest BCUT2D eigenvalue weighted by molar-refractivity contribution is 0.210. The smallest absolute Gasteiger partial charge is 0.0635 e. The molecule has 0 fully saturated rings. The van der Waals surface area contributed by atoms with Crippen LogP contribution < -0.4 is 10.6 Å². The van der Waals surface area contributed by atoms with Gasteiger partial charge in [-0.1, -0.05) is 42.5 Å². The van der Waals surface area contributed by atoms with Gasteiger partial charge in [-0.2, -0.15) is 0 Å². The molecule has 2 N–H and O–H groups in total. The SMILES string of the molecule is COCCNc1ccc(-c2cccc(C)c2-c2ccc(NCCOC)cc2)cc1. The van der Waals surface area contributed by atoms with Crippen molar-refractivity contribution >= 4 is 11.4 Å². The molecule has 3 aromatic carbocycles. The molecule has 0 aliphatic heterocycles. The van der Waals surface area contributed by atoms with Crippen LogP contribution in [0.25, 0.3) is 22.3 Å². The Morgan fingerprint density at radius 1 is 0.655 bits per heavy atom. The second-order valence-corrected chi connectivity index (χ2v) is 6.99. The summed E-state index contributed by atoms with van der Waals surface area (Å²) >= 11 is 0. The highest BCUT2D eigenvalue weighted by Crippen LogP contribution is 2.35. The van der Waals surface area contributed by atoms with E-state index in [9.17, 15) is 0 Å². The highest BCUT2D eigenvalue weighted by atomic mass is 16.5. The predicted molar refractivity (Wildman–Crippen MR) is 123 cm³/mol. The first-order valence-corrected chi connectivity index (χ1v) is 9.99. The molecular weight excluding hydrogens is 360 g/mol. The number of anilines is 2. The van der Waals surface area contributed by atoms with Gasteiger partial charge in [0, 0.05) is 38.7 Å². The van der Waals surface area contributed by atoms with E-state index in [1.165, 1.54) is 27.8 Å². The molecule has 0 aliphatic rings. The van der Waals surface area contributed by atoms with Crippen LogP contribution in [0.2, 0.25) is 0 Å². The Morgan fingerprint density at radius 3 is 1.69 bits per heavy atom. The average molecular weight is 391 g/mol. The number of nitrogens with one attached hydrogen (secondary N) is 2. The van der Waals surface area contributed by atoms with Crippen LogP contribution in [-0.2, 0) is 9.47 Å². The molecule has 0 unspecified atom stereocenters. The summed E-state index contributed by atoms with van der Waals surface area (Å²) in [4.78, 5) is 0. The van der Waals surface area contributed by atoms with Crippen molar-refractivity contribution in [3.8, 4) is 22.3 Å². The lowest BCUT2D eigenvalue weighted by Crippen LogP contribution is -2.07. The Morgan fingerprint density at radius 2 is 1.17 bits per heavy atom. The van der Waals surface area contributed by atoms with E-state index < -0.39 is 0 Å².